The van der Waals surface area contributed by atoms with Crippen LogP contribution in [0.1, 0.15) is 48.8 Å². The summed E-state index contributed by atoms with van der Waals surface area (Å²) in [4.78, 5) is 2.37. The Labute approximate surface area is 187 Å². The summed E-state index contributed by atoms with van der Waals surface area (Å²) in [5.41, 5.74) is 3.67. The van der Waals surface area contributed by atoms with Crippen LogP contribution in [0.15, 0.2) is 42.5 Å². The Kier molecular flexibility index (Phi) is 9.66. The average Bonchev–Trinajstić information content (AvgIpc) is 2.74. The largest absolute Gasteiger partial charge is 0.493 e. The molecule has 31 heavy (non-hydrogen) atoms. The van der Waals surface area contributed by atoms with Gasteiger partial charge in [0, 0.05) is 19.6 Å². The molecule has 5 heteroatoms. The van der Waals surface area contributed by atoms with E-state index in [2.05, 4.69) is 41.4 Å². The molecular formula is C26H38N2O3. The molecule has 0 aromatic heterocycles. The molecule has 0 spiro atoms. The Balaban J connectivity index is 1.49. The summed E-state index contributed by atoms with van der Waals surface area (Å²) >= 11 is 0. The quantitative estimate of drug-likeness (QED) is 0.593. The second-order valence-electron chi connectivity index (χ2n) is 8.61. The van der Waals surface area contributed by atoms with Gasteiger partial charge in [0.15, 0.2) is 11.5 Å². The lowest BCUT2D eigenvalue weighted by molar-refractivity contribution is 0.0644. The molecule has 1 unspecified atom stereocenters. The van der Waals surface area contributed by atoms with E-state index in [0.29, 0.717) is 18.0 Å². The second kappa shape index (κ2) is 12.7. The van der Waals surface area contributed by atoms with Crippen LogP contribution in [0.25, 0.3) is 0 Å². The van der Waals surface area contributed by atoms with Crippen molar-refractivity contribution >= 4 is 0 Å². The first-order chi connectivity index (χ1) is 15.1. The number of aliphatic hydroxyl groups is 1. The highest BCUT2D eigenvalue weighted by molar-refractivity contribution is 5.43. The van der Waals surface area contributed by atoms with Crippen molar-refractivity contribution in [3.05, 3.63) is 59.2 Å². The molecule has 1 aliphatic heterocycles. The summed E-state index contributed by atoms with van der Waals surface area (Å²) in [6, 6.07) is 14.5. The van der Waals surface area contributed by atoms with Gasteiger partial charge in [-0.2, -0.15) is 0 Å². The number of ether oxygens (including phenoxy) is 2. The Morgan fingerprint density at radius 2 is 1.65 bits per heavy atom. The summed E-state index contributed by atoms with van der Waals surface area (Å²) in [6.45, 7) is 6.75. The lowest BCUT2D eigenvalue weighted by Crippen LogP contribution is -2.37. The minimum absolute atomic E-state index is 0.271. The zero-order valence-corrected chi connectivity index (χ0v) is 19.1. The van der Waals surface area contributed by atoms with Crippen molar-refractivity contribution in [2.75, 3.05) is 33.4 Å². The van der Waals surface area contributed by atoms with E-state index in [0.717, 1.165) is 31.7 Å². The van der Waals surface area contributed by atoms with Crippen molar-refractivity contribution in [1.29, 1.82) is 0 Å². The Hall–Kier alpha value is -2.08. The maximum Gasteiger partial charge on any atom is 0.161 e. The Morgan fingerprint density at radius 3 is 2.35 bits per heavy atom. The third-order valence-electron chi connectivity index (χ3n) is 5.82. The van der Waals surface area contributed by atoms with Crippen molar-refractivity contribution in [3.8, 4) is 11.5 Å². The molecule has 0 aliphatic carbocycles. The molecule has 1 saturated heterocycles. The second-order valence-corrected chi connectivity index (χ2v) is 8.61. The van der Waals surface area contributed by atoms with Gasteiger partial charge in [-0.25, -0.2) is 0 Å². The van der Waals surface area contributed by atoms with Crippen LogP contribution in [-0.4, -0.2) is 49.5 Å². The SMILES string of the molecule is COc1ccc(CNCc2cccc(C)c2)cc1OCC(O)CN1CCCCCCC1. The van der Waals surface area contributed by atoms with Gasteiger partial charge in [0.1, 0.15) is 12.7 Å². The first kappa shape index (κ1) is 23.6. The summed E-state index contributed by atoms with van der Waals surface area (Å²) in [7, 11) is 1.65. The predicted molar refractivity (Wildman–Crippen MR) is 126 cm³/mol. The molecule has 1 heterocycles. The van der Waals surface area contributed by atoms with E-state index in [1.807, 2.05) is 18.2 Å². The number of benzene rings is 2. The highest BCUT2D eigenvalue weighted by atomic mass is 16.5. The summed E-state index contributed by atoms with van der Waals surface area (Å²) in [6.07, 6.45) is 5.87. The molecular weight excluding hydrogens is 388 g/mol. The fraction of sp³-hybridized carbons (Fsp3) is 0.538. The fourth-order valence-electron chi connectivity index (χ4n) is 4.15. The maximum absolute atomic E-state index is 10.5. The van der Waals surface area contributed by atoms with Gasteiger partial charge in [0.05, 0.1) is 7.11 Å². The van der Waals surface area contributed by atoms with Gasteiger partial charge in [-0.3, -0.25) is 0 Å². The fourth-order valence-corrected chi connectivity index (χ4v) is 4.15. The molecule has 0 bridgehead atoms. The number of aryl methyl sites for hydroxylation is 1. The van der Waals surface area contributed by atoms with Gasteiger partial charge >= 0.3 is 0 Å². The molecule has 5 nitrogen and oxygen atoms in total. The van der Waals surface area contributed by atoms with E-state index in [9.17, 15) is 5.11 Å². The summed E-state index contributed by atoms with van der Waals surface area (Å²) < 4.78 is 11.4. The number of β-amino-alcohol motifs (C(OH)–C–C–N with tert-alkyl or cyclic N) is 1. The zero-order chi connectivity index (χ0) is 21.9. The number of methoxy groups -OCH3 is 1. The van der Waals surface area contributed by atoms with Crippen molar-refractivity contribution in [2.24, 2.45) is 0 Å². The third kappa shape index (κ3) is 8.17. The normalized spacial score (nSPS) is 16.4. The van der Waals surface area contributed by atoms with E-state index >= 15 is 0 Å². The number of nitrogens with zero attached hydrogens (tertiary/aromatic N) is 1. The number of aliphatic hydroxyl groups excluding tert-OH is 1. The summed E-state index contributed by atoms with van der Waals surface area (Å²) in [5, 5.41) is 14.0. The minimum atomic E-state index is -0.507. The van der Waals surface area contributed by atoms with Crippen molar-refractivity contribution in [3.63, 3.8) is 0 Å². The highest BCUT2D eigenvalue weighted by Gasteiger charge is 2.15. The monoisotopic (exact) mass is 426 g/mol. The van der Waals surface area contributed by atoms with Crippen LogP contribution in [-0.2, 0) is 13.1 Å². The van der Waals surface area contributed by atoms with E-state index in [1.165, 1.54) is 43.2 Å². The van der Waals surface area contributed by atoms with Crippen LogP contribution in [0.3, 0.4) is 0 Å². The minimum Gasteiger partial charge on any atom is -0.493 e. The number of likely N-dealkylation sites (tertiary alicyclic amines) is 1. The van der Waals surface area contributed by atoms with E-state index < -0.39 is 6.10 Å². The molecule has 1 fully saturated rings. The molecule has 170 valence electrons. The number of hydrogen-bond donors (Lipinski definition) is 2. The molecule has 2 N–H and O–H groups in total. The van der Waals surface area contributed by atoms with Crippen LogP contribution >= 0.6 is 0 Å². The van der Waals surface area contributed by atoms with E-state index in [-0.39, 0.29) is 6.61 Å². The van der Waals surface area contributed by atoms with E-state index in [4.69, 9.17) is 9.47 Å². The molecule has 3 rings (SSSR count). The Morgan fingerprint density at radius 1 is 0.935 bits per heavy atom. The highest BCUT2D eigenvalue weighted by Crippen LogP contribution is 2.28. The van der Waals surface area contributed by atoms with Gasteiger partial charge in [-0.1, -0.05) is 55.2 Å². The maximum atomic E-state index is 10.5. The van der Waals surface area contributed by atoms with Gasteiger partial charge < -0.3 is 24.8 Å². The molecule has 1 aliphatic rings. The van der Waals surface area contributed by atoms with Gasteiger partial charge in [0.25, 0.3) is 0 Å². The lowest BCUT2D eigenvalue weighted by Gasteiger charge is -2.26. The number of rotatable bonds is 10. The predicted octanol–water partition coefficient (Wildman–Crippen LogP) is 4.30. The summed E-state index contributed by atoms with van der Waals surface area (Å²) in [5.74, 6) is 1.38. The van der Waals surface area contributed by atoms with Crippen molar-refractivity contribution < 1.29 is 14.6 Å². The first-order valence-electron chi connectivity index (χ1n) is 11.6. The van der Waals surface area contributed by atoms with Crippen LogP contribution < -0.4 is 14.8 Å². The zero-order valence-electron chi connectivity index (χ0n) is 19.1. The van der Waals surface area contributed by atoms with Crippen LogP contribution in [0.4, 0.5) is 0 Å². The average molecular weight is 427 g/mol. The molecule has 2 aromatic carbocycles. The lowest BCUT2D eigenvalue weighted by atomic mass is 10.1. The number of hydrogen-bond acceptors (Lipinski definition) is 5. The molecule has 0 saturated carbocycles. The molecule has 2 aromatic rings. The van der Waals surface area contributed by atoms with E-state index in [1.54, 1.807) is 7.11 Å². The smallest absolute Gasteiger partial charge is 0.161 e. The van der Waals surface area contributed by atoms with Crippen molar-refractivity contribution in [1.82, 2.24) is 10.2 Å². The number of nitrogens with one attached hydrogen (secondary N) is 1. The van der Waals surface area contributed by atoms with Crippen LogP contribution in [0.5, 0.6) is 11.5 Å². The molecule has 0 amide bonds. The van der Waals surface area contributed by atoms with Gasteiger partial charge in [-0.15, -0.1) is 0 Å². The van der Waals surface area contributed by atoms with Gasteiger partial charge in [0.2, 0.25) is 0 Å². The molecule has 0 radical (unpaired) electrons. The van der Waals surface area contributed by atoms with Gasteiger partial charge in [-0.05, 0) is 56.1 Å². The third-order valence-corrected chi connectivity index (χ3v) is 5.82. The van der Waals surface area contributed by atoms with Crippen LogP contribution in [0, 0.1) is 6.92 Å². The topological polar surface area (TPSA) is 54.0 Å². The Bertz CT molecular complexity index is 788. The standard InChI is InChI=1S/C26H38N2O3/c1-21-9-8-10-22(15-21)17-27-18-23-11-12-25(30-2)26(16-23)31-20-24(29)19-28-13-6-4-3-5-7-14-28/h8-12,15-16,24,27,29H,3-7,13-14,17-20H2,1-2H3. The first-order valence-corrected chi connectivity index (χ1v) is 11.6. The van der Waals surface area contributed by atoms with Crippen molar-refractivity contribution in [2.45, 2.75) is 58.2 Å². The molecule has 1 atom stereocenters. The van der Waals surface area contributed by atoms with Crippen LogP contribution in [0.2, 0.25) is 0 Å².